The normalized spacial score (nSPS) is 14.1. The zero-order valence-electron chi connectivity index (χ0n) is 15.3. The topological polar surface area (TPSA) is 98.0 Å². The number of unbranched alkanes of at least 4 members (excludes halogenated alkanes) is 6. The number of carbonyl (C=O) groups is 1. The van der Waals surface area contributed by atoms with E-state index in [1.54, 1.807) is 6.08 Å². The summed E-state index contributed by atoms with van der Waals surface area (Å²) in [6.45, 7) is 2.22. The number of aliphatic hydroxyl groups excluding tert-OH is 1. The van der Waals surface area contributed by atoms with Crippen molar-refractivity contribution in [3.05, 3.63) is 36.5 Å². The van der Waals surface area contributed by atoms with Crippen LogP contribution in [0, 0.1) is 0 Å². The summed E-state index contributed by atoms with van der Waals surface area (Å²) in [5.41, 5.74) is 0. The zero-order valence-corrected chi connectivity index (χ0v) is 15.3. The van der Waals surface area contributed by atoms with Crippen molar-refractivity contribution in [3.63, 3.8) is 0 Å². The smallest absolute Gasteiger partial charge is 0.366 e. The lowest BCUT2D eigenvalue weighted by molar-refractivity contribution is -0.235. The minimum Gasteiger partial charge on any atom is -0.477 e. The predicted octanol–water partition coefficient (Wildman–Crippen LogP) is 3.70. The Morgan fingerprint density at radius 2 is 1.44 bits per heavy atom. The first-order valence-corrected chi connectivity index (χ1v) is 9.24. The van der Waals surface area contributed by atoms with Crippen molar-refractivity contribution < 1.29 is 25.2 Å². The fourth-order valence-corrected chi connectivity index (χ4v) is 2.21. The third-order valence-electron chi connectivity index (χ3n) is 3.89. The number of carboxylic acids is 1. The van der Waals surface area contributed by atoms with Gasteiger partial charge in [-0.15, -0.1) is 0 Å². The van der Waals surface area contributed by atoms with Gasteiger partial charge < -0.3 is 20.4 Å². The van der Waals surface area contributed by atoms with Gasteiger partial charge in [-0.1, -0.05) is 69.1 Å². The molecule has 0 fully saturated rings. The van der Waals surface area contributed by atoms with Crippen molar-refractivity contribution in [2.24, 2.45) is 0 Å². The SMILES string of the molecule is CCCCCCCC=CCCC=CCC=CCC(O)C(O)(O)C(=O)O. The van der Waals surface area contributed by atoms with Gasteiger partial charge in [-0.25, -0.2) is 4.79 Å². The molecule has 5 nitrogen and oxygen atoms in total. The van der Waals surface area contributed by atoms with E-state index in [0.717, 1.165) is 19.3 Å². The van der Waals surface area contributed by atoms with Gasteiger partial charge in [-0.2, -0.15) is 0 Å². The summed E-state index contributed by atoms with van der Waals surface area (Å²) in [7, 11) is 0. The van der Waals surface area contributed by atoms with Crippen LogP contribution in [0.1, 0.15) is 71.1 Å². The maximum absolute atomic E-state index is 10.5. The Hall–Kier alpha value is -1.43. The van der Waals surface area contributed by atoms with Crippen LogP contribution in [0.5, 0.6) is 0 Å². The molecule has 0 aliphatic rings. The highest BCUT2D eigenvalue weighted by molar-refractivity contribution is 5.75. The van der Waals surface area contributed by atoms with Crippen LogP contribution in [0.2, 0.25) is 0 Å². The van der Waals surface area contributed by atoms with Crippen LogP contribution in [0.25, 0.3) is 0 Å². The highest BCUT2D eigenvalue weighted by atomic mass is 16.6. The van der Waals surface area contributed by atoms with Crippen molar-refractivity contribution in [1.82, 2.24) is 0 Å². The van der Waals surface area contributed by atoms with Crippen LogP contribution in [-0.4, -0.2) is 38.3 Å². The maximum Gasteiger partial charge on any atom is 0.366 e. The quantitative estimate of drug-likeness (QED) is 0.204. The molecule has 5 heteroatoms. The summed E-state index contributed by atoms with van der Waals surface area (Å²) in [4.78, 5) is 10.5. The molecule has 0 bridgehead atoms. The van der Waals surface area contributed by atoms with Crippen molar-refractivity contribution >= 4 is 5.97 Å². The Labute approximate surface area is 151 Å². The van der Waals surface area contributed by atoms with Crippen LogP contribution in [0.4, 0.5) is 0 Å². The van der Waals surface area contributed by atoms with Gasteiger partial charge in [0, 0.05) is 0 Å². The number of allylic oxidation sites excluding steroid dienone is 5. The Morgan fingerprint density at radius 1 is 0.880 bits per heavy atom. The van der Waals surface area contributed by atoms with E-state index in [1.807, 2.05) is 6.08 Å². The van der Waals surface area contributed by atoms with Gasteiger partial charge in [-0.3, -0.25) is 0 Å². The van der Waals surface area contributed by atoms with E-state index in [2.05, 4.69) is 25.2 Å². The summed E-state index contributed by atoms with van der Waals surface area (Å²) in [6, 6.07) is 0. The average Bonchev–Trinajstić information content (AvgIpc) is 2.57. The molecule has 0 saturated carbocycles. The van der Waals surface area contributed by atoms with Gasteiger partial charge in [0.2, 0.25) is 0 Å². The molecule has 0 aliphatic carbocycles. The van der Waals surface area contributed by atoms with Gasteiger partial charge in [0.25, 0.3) is 5.79 Å². The van der Waals surface area contributed by atoms with E-state index in [9.17, 15) is 9.90 Å². The van der Waals surface area contributed by atoms with Gasteiger partial charge in [0.15, 0.2) is 0 Å². The van der Waals surface area contributed by atoms with Crippen LogP contribution in [-0.2, 0) is 4.79 Å². The summed E-state index contributed by atoms with van der Waals surface area (Å²) in [5.74, 6) is -4.97. The summed E-state index contributed by atoms with van der Waals surface area (Å²) in [5, 5.41) is 36.2. The van der Waals surface area contributed by atoms with E-state index in [1.165, 1.54) is 38.2 Å². The molecule has 25 heavy (non-hydrogen) atoms. The molecule has 0 heterocycles. The van der Waals surface area contributed by atoms with E-state index >= 15 is 0 Å². The first kappa shape index (κ1) is 23.6. The molecular weight excluding hydrogens is 320 g/mol. The monoisotopic (exact) mass is 354 g/mol. The molecule has 0 radical (unpaired) electrons. The van der Waals surface area contributed by atoms with Gasteiger partial charge >= 0.3 is 5.97 Å². The highest BCUT2D eigenvalue weighted by Crippen LogP contribution is 2.11. The standard InChI is InChI=1S/C20H34O5/c1-2-3-4-5-6-7-8-9-10-11-12-13-14-15-16-17-18(21)20(24,25)19(22)23/h8-9,12-13,15-16,18,21,24-25H,2-7,10-11,14,17H2,1H3,(H,22,23). The van der Waals surface area contributed by atoms with Crippen molar-refractivity contribution in [3.8, 4) is 0 Å². The molecule has 0 rings (SSSR count). The lowest BCUT2D eigenvalue weighted by Crippen LogP contribution is -2.49. The second kappa shape index (κ2) is 14.9. The van der Waals surface area contributed by atoms with Gasteiger partial charge in [0.05, 0.1) is 0 Å². The summed E-state index contributed by atoms with van der Waals surface area (Å²) < 4.78 is 0. The average molecular weight is 354 g/mol. The molecule has 144 valence electrons. The Balaban J connectivity index is 3.65. The summed E-state index contributed by atoms with van der Waals surface area (Å²) >= 11 is 0. The largest absolute Gasteiger partial charge is 0.477 e. The number of hydrogen-bond acceptors (Lipinski definition) is 4. The van der Waals surface area contributed by atoms with Crippen molar-refractivity contribution in [2.75, 3.05) is 0 Å². The number of rotatable bonds is 15. The lowest BCUT2D eigenvalue weighted by Gasteiger charge is -2.21. The zero-order chi connectivity index (χ0) is 19.0. The van der Waals surface area contributed by atoms with E-state index in [0.29, 0.717) is 6.42 Å². The van der Waals surface area contributed by atoms with Crippen LogP contribution >= 0.6 is 0 Å². The van der Waals surface area contributed by atoms with Crippen molar-refractivity contribution in [2.45, 2.75) is 83.0 Å². The fourth-order valence-electron chi connectivity index (χ4n) is 2.21. The molecule has 0 spiro atoms. The number of aliphatic carboxylic acids is 1. The second-order valence-electron chi connectivity index (χ2n) is 6.21. The first-order valence-electron chi connectivity index (χ1n) is 9.24. The third-order valence-corrected chi connectivity index (χ3v) is 3.89. The summed E-state index contributed by atoms with van der Waals surface area (Å²) in [6.07, 6.45) is 20.3. The maximum atomic E-state index is 10.5. The first-order chi connectivity index (χ1) is 11.9. The fraction of sp³-hybridized carbons (Fsp3) is 0.650. The predicted molar refractivity (Wildman–Crippen MR) is 100 cm³/mol. The lowest BCUT2D eigenvalue weighted by atomic mass is 10.1. The van der Waals surface area contributed by atoms with Gasteiger partial charge in [-0.05, 0) is 38.5 Å². The van der Waals surface area contributed by atoms with Crippen LogP contribution in [0.3, 0.4) is 0 Å². The molecule has 1 unspecified atom stereocenters. The van der Waals surface area contributed by atoms with E-state index in [-0.39, 0.29) is 6.42 Å². The molecule has 0 saturated heterocycles. The Morgan fingerprint density at radius 3 is 2.08 bits per heavy atom. The van der Waals surface area contributed by atoms with E-state index < -0.39 is 17.9 Å². The Kier molecular flexibility index (Phi) is 14.0. The van der Waals surface area contributed by atoms with Crippen LogP contribution < -0.4 is 0 Å². The Bertz CT molecular complexity index is 424. The van der Waals surface area contributed by atoms with E-state index in [4.69, 9.17) is 15.3 Å². The van der Waals surface area contributed by atoms with Crippen molar-refractivity contribution in [1.29, 1.82) is 0 Å². The molecule has 0 aromatic carbocycles. The number of aliphatic hydroxyl groups is 3. The molecule has 1 atom stereocenters. The second-order valence-corrected chi connectivity index (χ2v) is 6.21. The molecular formula is C20H34O5. The number of carboxylic acid groups (broad SMARTS) is 1. The molecule has 0 aromatic rings. The number of hydrogen-bond donors (Lipinski definition) is 4. The van der Waals surface area contributed by atoms with Gasteiger partial charge in [0.1, 0.15) is 6.10 Å². The molecule has 0 aliphatic heterocycles. The minimum absolute atomic E-state index is 0.131. The molecule has 4 N–H and O–H groups in total. The van der Waals surface area contributed by atoms with Crippen LogP contribution in [0.15, 0.2) is 36.5 Å². The highest BCUT2D eigenvalue weighted by Gasteiger charge is 2.40. The molecule has 0 aromatic heterocycles. The third kappa shape index (κ3) is 12.6. The molecule has 0 amide bonds. The minimum atomic E-state index is -3.11.